The summed E-state index contributed by atoms with van der Waals surface area (Å²) in [7, 11) is 0. The van der Waals surface area contributed by atoms with Crippen molar-refractivity contribution in [1.29, 1.82) is 0 Å². The van der Waals surface area contributed by atoms with Crippen molar-refractivity contribution in [2.75, 3.05) is 0 Å². The second kappa shape index (κ2) is 4.04. The third-order valence-electron chi connectivity index (χ3n) is 2.55. The van der Waals surface area contributed by atoms with Crippen LogP contribution in [0.1, 0.15) is 39.7 Å². The van der Waals surface area contributed by atoms with Gasteiger partial charge in [-0.25, -0.2) is 0 Å². The highest BCUT2D eigenvalue weighted by atomic mass is 16.3. The van der Waals surface area contributed by atoms with Crippen LogP contribution in [0.3, 0.4) is 0 Å². The fourth-order valence-corrected chi connectivity index (χ4v) is 2.18. The van der Waals surface area contributed by atoms with Crippen LogP contribution in [0.25, 0.3) is 0 Å². The van der Waals surface area contributed by atoms with Crippen LogP contribution in [0.5, 0.6) is 5.75 Å². The summed E-state index contributed by atoms with van der Waals surface area (Å²) >= 11 is 0. The van der Waals surface area contributed by atoms with Crippen LogP contribution >= 0.6 is 0 Å². The summed E-state index contributed by atoms with van der Waals surface area (Å²) in [4.78, 5) is 0. The van der Waals surface area contributed by atoms with E-state index in [-0.39, 0.29) is 5.41 Å². The van der Waals surface area contributed by atoms with E-state index in [2.05, 4.69) is 27.7 Å². The van der Waals surface area contributed by atoms with Crippen molar-refractivity contribution in [1.82, 2.24) is 0 Å². The Bertz CT molecular complexity index is 300. The molecule has 0 bridgehead atoms. The molecule has 1 nitrogen and oxygen atoms in total. The normalized spacial score (nSPS) is 12.1. The zero-order valence-corrected chi connectivity index (χ0v) is 9.54. The molecule has 0 fully saturated rings. The summed E-state index contributed by atoms with van der Waals surface area (Å²) in [6, 6.07) is 7.62. The maximum atomic E-state index is 9.76. The van der Waals surface area contributed by atoms with E-state index >= 15 is 0 Å². The monoisotopic (exact) mass is 192 g/mol. The first kappa shape index (κ1) is 11.1. The minimum absolute atomic E-state index is 0.0551. The van der Waals surface area contributed by atoms with E-state index in [4.69, 9.17) is 0 Å². The first-order valence-corrected chi connectivity index (χ1v) is 5.22. The van der Waals surface area contributed by atoms with Gasteiger partial charge >= 0.3 is 0 Å². The Morgan fingerprint density at radius 1 is 1.21 bits per heavy atom. The van der Waals surface area contributed by atoms with Gasteiger partial charge in [0.2, 0.25) is 0 Å². The lowest BCUT2D eigenvalue weighted by Crippen LogP contribution is -2.19. The van der Waals surface area contributed by atoms with E-state index in [0.717, 1.165) is 12.0 Å². The van der Waals surface area contributed by atoms with Crippen molar-refractivity contribution < 1.29 is 5.11 Å². The molecule has 0 spiro atoms. The van der Waals surface area contributed by atoms with Gasteiger partial charge in [0.05, 0.1) is 0 Å². The number of aromatic hydroxyl groups is 1. The number of para-hydroxylation sites is 1. The van der Waals surface area contributed by atoms with Gasteiger partial charge in [0.1, 0.15) is 5.75 Å². The van der Waals surface area contributed by atoms with E-state index in [0.29, 0.717) is 11.7 Å². The van der Waals surface area contributed by atoms with Gasteiger partial charge in [-0.15, -0.1) is 0 Å². The zero-order valence-electron chi connectivity index (χ0n) is 9.54. The summed E-state index contributed by atoms with van der Waals surface area (Å²) in [5, 5.41) is 9.76. The minimum atomic E-state index is 0.0551. The zero-order chi connectivity index (χ0) is 10.8. The smallest absolute Gasteiger partial charge is 0.119 e. The molecule has 0 aliphatic heterocycles. The average molecular weight is 192 g/mol. The molecule has 0 amide bonds. The quantitative estimate of drug-likeness (QED) is 0.774. The molecule has 0 aliphatic rings. The van der Waals surface area contributed by atoms with Gasteiger partial charge in [-0.2, -0.15) is 0 Å². The number of hydrogen-bond donors (Lipinski definition) is 1. The summed E-state index contributed by atoms with van der Waals surface area (Å²) in [6.07, 6.45) is 1.09. The van der Waals surface area contributed by atoms with Crippen LogP contribution in [0.2, 0.25) is 0 Å². The Morgan fingerprint density at radius 3 is 2.29 bits per heavy atom. The standard InChI is InChI=1S/C13H20O/c1-10(2)9-13(3,4)11-7-5-6-8-12(11)14/h5-8,10,14H,9H2,1-4H3. The maximum Gasteiger partial charge on any atom is 0.119 e. The molecule has 1 rings (SSSR count). The third kappa shape index (κ3) is 2.50. The fourth-order valence-electron chi connectivity index (χ4n) is 2.18. The van der Waals surface area contributed by atoms with Gasteiger partial charge in [-0.3, -0.25) is 0 Å². The van der Waals surface area contributed by atoms with Crippen LogP contribution in [0.4, 0.5) is 0 Å². The molecule has 1 aromatic carbocycles. The Morgan fingerprint density at radius 2 is 1.79 bits per heavy atom. The van der Waals surface area contributed by atoms with Gasteiger partial charge in [0.25, 0.3) is 0 Å². The molecule has 1 aromatic rings. The lowest BCUT2D eigenvalue weighted by Gasteiger charge is -2.27. The highest BCUT2D eigenvalue weighted by molar-refractivity contribution is 5.37. The molecular weight excluding hydrogens is 172 g/mol. The van der Waals surface area contributed by atoms with Crippen LogP contribution in [0, 0.1) is 5.92 Å². The second-order valence-corrected chi connectivity index (χ2v) is 5.00. The van der Waals surface area contributed by atoms with E-state index in [1.54, 1.807) is 6.07 Å². The molecule has 0 radical (unpaired) electrons. The topological polar surface area (TPSA) is 20.2 Å². The number of phenols is 1. The molecule has 0 heterocycles. The molecular formula is C13H20O. The van der Waals surface area contributed by atoms with Crippen molar-refractivity contribution in [3.8, 4) is 5.75 Å². The summed E-state index contributed by atoms with van der Waals surface area (Å²) in [5.74, 6) is 1.06. The average Bonchev–Trinajstić information content (AvgIpc) is 2.02. The minimum Gasteiger partial charge on any atom is -0.508 e. The first-order chi connectivity index (χ1) is 6.43. The number of rotatable bonds is 3. The second-order valence-electron chi connectivity index (χ2n) is 5.00. The Kier molecular flexibility index (Phi) is 3.20. The highest BCUT2D eigenvalue weighted by Crippen LogP contribution is 2.35. The van der Waals surface area contributed by atoms with Crippen molar-refractivity contribution >= 4 is 0 Å². The van der Waals surface area contributed by atoms with Gasteiger partial charge in [0.15, 0.2) is 0 Å². The van der Waals surface area contributed by atoms with E-state index < -0.39 is 0 Å². The predicted molar refractivity (Wildman–Crippen MR) is 60.6 cm³/mol. The molecule has 0 atom stereocenters. The number of phenolic OH excluding ortho intramolecular Hbond substituents is 1. The Labute approximate surface area is 86.8 Å². The van der Waals surface area contributed by atoms with Gasteiger partial charge in [-0.1, -0.05) is 45.9 Å². The van der Waals surface area contributed by atoms with Crippen molar-refractivity contribution in [2.45, 2.75) is 39.5 Å². The van der Waals surface area contributed by atoms with Crippen molar-refractivity contribution in [3.05, 3.63) is 29.8 Å². The summed E-state index contributed by atoms with van der Waals surface area (Å²) in [5.41, 5.74) is 1.10. The lowest BCUT2D eigenvalue weighted by atomic mass is 9.77. The molecule has 78 valence electrons. The molecule has 0 saturated heterocycles. The van der Waals surface area contributed by atoms with Crippen LogP contribution in [0.15, 0.2) is 24.3 Å². The SMILES string of the molecule is CC(C)CC(C)(C)c1ccccc1O. The lowest BCUT2D eigenvalue weighted by molar-refractivity contribution is 0.377. The van der Waals surface area contributed by atoms with Gasteiger partial charge in [-0.05, 0) is 29.4 Å². The maximum absolute atomic E-state index is 9.76. The molecule has 0 saturated carbocycles. The predicted octanol–water partition coefficient (Wildman–Crippen LogP) is 3.72. The highest BCUT2D eigenvalue weighted by Gasteiger charge is 2.24. The Balaban J connectivity index is 2.97. The molecule has 14 heavy (non-hydrogen) atoms. The van der Waals surface area contributed by atoms with Crippen LogP contribution in [-0.4, -0.2) is 5.11 Å². The number of hydrogen-bond acceptors (Lipinski definition) is 1. The molecule has 0 aliphatic carbocycles. The largest absolute Gasteiger partial charge is 0.508 e. The summed E-state index contributed by atoms with van der Waals surface area (Å²) in [6.45, 7) is 8.79. The van der Waals surface area contributed by atoms with E-state index in [1.165, 1.54) is 0 Å². The summed E-state index contributed by atoms with van der Waals surface area (Å²) < 4.78 is 0. The van der Waals surface area contributed by atoms with Crippen LogP contribution in [-0.2, 0) is 5.41 Å². The van der Waals surface area contributed by atoms with E-state index in [9.17, 15) is 5.11 Å². The molecule has 0 unspecified atom stereocenters. The molecule has 1 heteroatoms. The number of benzene rings is 1. The van der Waals surface area contributed by atoms with Crippen molar-refractivity contribution in [3.63, 3.8) is 0 Å². The van der Waals surface area contributed by atoms with Gasteiger partial charge < -0.3 is 5.11 Å². The molecule has 1 N–H and O–H groups in total. The fraction of sp³-hybridized carbons (Fsp3) is 0.538. The van der Waals surface area contributed by atoms with Crippen LogP contribution < -0.4 is 0 Å². The van der Waals surface area contributed by atoms with E-state index in [1.807, 2.05) is 18.2 Å². The third-order valence-corrected chi connectivity index (χ3v) is 2.55. The van der Waals surface area contributed by atoms with Gasteiger partial charge in [0, 0.05) is 0 Å². The van der Waals surface area contributed by atoms with Crippen molar-refractivity contribution in [2.24, 2.45) is 5.92 Å². The first-order valence-electron chi connectivity index (χ1n) is 5.22. The Hall–Kier alpha value is -0.980. The molecule has 0 aromatic heterocycles.